The Bertz CT molecular complexity index is 380. The number of anilines is 2. The lowest BCUT2D eigenvalue weighted by Gasteiger charge is -2.16. The van der Waals surface area contributed by atoms with Gasteiger partial charge in [0.2, 0.25) is 5.91 Å². The molecule has 0 fully saturated rings. The zero-order valence-electron chi connectivity index (χ0n) is 10.6. The van der Waals surface area contributed by atoms with E-state index in [0.29, 0.717) is 11.6 Å². The van der Waals surface area contributed by atoms with Gasteiger partial charge < -0.3 is 16.0 Å². The van der Waals surface area contributed by atoms with Gasteiger partial charge in [-0.3, -0.25) is 9.78 Å². The Labute approximate surface area is 101 Å². The average molecular weight is 237 g/mol. The van der Waals surface area contributed by atoms with E-state index >= 15 is 0 Å². The minimum atomic E-state index is -0.348. The highest BCUT2D eigenvalue weighted by Crippen LogP contribution is 2.07. The van der Waals surface area contributed by atoms with Gasteiger partial charge in [-0.05, 0) is 20.8 Å². The Hall–Kier alpha value is -1.85. The lowest BCUT2D eigenvalue weighted by Crippen LogP contribution is -2.41. The van der Waals surface area contributed by atoms with Gasteiger partial charge in [0.15, 0.2) is 0 Å². The van der Waals surface area contributed by atoms with Crippen LogP contribution in [0.1, 0.15) is 20.8 Å². The maximum Gasteiger partial charge on any atom is 0.242 e. The van der Waals surface area contributed by atoms with E-state index in [0.717, 1.165) is 0 Å². The predicted molar refractivity (Wildman–Crippen MR) is 67.9 cm³/mol. The molecular formula is C11H19N5O. The topological polar surface area (TPSA) is 78.9 Å². The molecule has 6 nitrogen and oxygen atoms in total. The molecule has 1 aromatic heterocycles. The average Bonchev–Trinajstić information content (AvgIpc) is 2.28. The first-order valence-corrected chi connectivity index (χ1v) is 5.59. The molecule has 17 heavy (non-hydrogen) atoms. The van der Waals surface area contributed by atoms with Gasteiger partial charge in [-0.15, -0.1) is 0 Å². The van der Waals surface area contributed by atoms with Crippen molar-refractivity contribution in [3.63, 3.8) is 0 Å². The van der Waals surface area contributed by atoms with E-state index in [-0.39, 0.29) is 18.0 Å². The molecule has 94 valence electrons. The van der Waals surface area contributed by atoms with E-state index in [9.17, 15) is 4.79 Å². The molecule has 1 aromatic rings. The van der Waals surface area contributed by atoms with Crippen LogP contribution in [0.4, 0.5) is 11.6 Å². The second-order valence-corrected chi connectivity index (χ2v) is 4.07. The van der Waals surface area contributed by atoms with Gasteiger partial charge in [0.1, 0.15) is 17.7 Å². The van der Waals surface area contributed by atoms with Gasteiger partial charge in [-0.2, -0.15) is 0 Å². The van der Waals surface area contributed by atoms with Gasteiger partial charge in [0.05, 0.1) is 12.4 Å². The lowest BCUT2D eigenvalue weighted by atomic mass is 10.3. The summed E-state index contributed by atoms with van der Waals surface area (Å²) < 4.78 is 0. The standard InChI is InChI=1S/C11H19N5O/c1-7(2)14-11(17)8(3)15-10-6-13-5-9(12-4)16-10/h5-8H,1-4H3,(H,14,17)(H2,12,15,16). The number of carbonyl (C=O) groups excluding carboxylic acids is 1. The number of amides is 1. The van der Waals surface area contributed by atoms with Crippen molar-refractivity contribution in [2.75, 3.05) is 17.7 Å². The molecule has 0 aromatic carbocycles. The van der Waals surface area contributed by atoms with Crippen LogP contribution in [0.3, 0.4) is 0 Å². The van der Waals surface area contributed by atoms with E-state index in [4.69, 9.17) is 0 Å². The minimum Gasteiger partial charge on any atom is -0.372 e. The zero-order chi connectivity index (χ0) is 12.8. The van der Waals surface area contributed by atoms with Crippen LogP contribution in [0.15, 0.2) is 12.4 Å². The van der Waals surface area contributed by atoms with Crippen molar-refractivity contribution < 1.29 is 4.79 Å². The first-order valence-electron chi connectivity index (χ1n) is 5.59. The summed E-state index contributed by atoms with van der Waals surface area (Å²) in [6.07, 6.45) is 3.20. The third-order valence-electron chi connectivity index (χ3n) is 2.08. The van der Waals surface area contributed by atoms with Crippen LogP contribution in [0.2, 0.25) is 0 Å². The summed E-state index contributed by atoms with van der Waals surface area (Å²) >= 11 is 0. The van der Waals surface area contributed by atoms with Crippen molar-refractivity contribution in [2.45, 2.75) is 32.9 Å². The van der Waals surface area contributed by atoms with Crippen LogP contribution in [-0.4, -0.2) is 35.0 Å². The molecule has 0 radical (unpaired) electrons. The predicted octanol–water partition coefficient (Wildman–Crippen LogP) is 0.843. The van der Waals surface area contributed by atoms with Crippen molar-refractivity contribution >= 4 is 17.5 Å². The van der Waals surface area contributed by atoms with E-state index in [2.05, 4.69) is 25.9 Å². The summed E-state index contributed by atoms with van der Waals surface area (Å²) in [5.74, 6) is 1.17. The van der Waals surface area contributed by atoms with Crippen LogP contribution in [0, 0.1) is 0 Å². The SMILES string of the molecule is CNc1cncc(NC(C)C(=O)NC(C)C)n1. The Morgan fingerprint density at radius 2 is 1.88 bits per heavy atom. The first-order chi connectivity index (χ1) is 8.02. The summed E-state index contributed by atoms with van der Waals surface area (Å²) in [4.78, 5) is 19.9. The van der Waals surface area contributed by atoms with Crippen LogP contribution in [-0.2, 0) is 4.79 Å². The molecule has 0 spiro atoms. The number of rotatable bonds is 5. The smallest absolute Gasteiger partial charge is 0.242 e. The third-order valence-corrected chi connectivity index (χ3v) is 2.08. The number of aromatic nitrogens is 2. The highest BCUT2D eigenvalue weighted by molar-refractivity contribution is 5.84. The van der Waals surface area contributed by atoms with E-state index < -0.39 is 0 Å². The molecule has 1 heterocycles. The maximum absolute atomic E-state index is 11.7. The molecule has 6 heteroatoms. The number of hydrogen-bond donors (Lipinski definition) is 3. The molecule has 0 bridgehead atoms. The molecule has 1 unspecified atom stereocenters. The second kappa shape index (κ2) is 6.03. The van der Waals surface area contributed by atoms with Crippen LogP contribution >= 0.6 is 0 Å². The minimum absolute atomic E-state index is 0.0586. The van der Waals surface area contributed by atoms with Crippen LogP contribution < -0.4 is 16.0 Å². The summed E-state index contributed by atoms with van der Waals surface area (Å²) in [6, 6.07) is -0.222. The fourth-order valence-corrected chi connectivity index (χ4v) is 1.25. The van der Waals surface area contributed by atoms with E-state index in [1.54, 1.807) is 26.4 Å². The Morgan fingerprint density at radius 3 is 2.47 bits per heavy atom. The van der Waals surface area contributed by atoms with E-state index in [1.165, 1.54) is 0 Å². The molecule has 0 saturated heterocycles. The van der Waals surface area contributed by atoms with Crippen molar-refractivity contribution in [1.82, 2.24) is 15.3 Å². The highest BCUT2D eigenvalue weighted by Gasteiger charge is 2.13. The monoisotopic (exact) mass is 237 g/mol. The fourth-order valence-electron chi connectivity index (χ4n) is 1.25. The van der Waals surface area contributed by atoms with Crippen molar-refractivity contribution in [1.29, 1.82) is 0 Å². The van der Waals surface area contributed by atoms with Gasteiger partial charge in [0.25, 0.3) is 0 Å². The second-order valence-electron chi connectivity index (χ2n) is 4.07. The van der Waals surface area contributed by atoms with Gasteiger partial charge in [-0.25, -0.2) is 4.98 Å². The maximum atomic E-state index is 11.7. The number of nitrogens with one attached hydrogen (secondary N) is 3. The molecule has 0 saturated carbocycles. The Balaban J connectivity index is 2.60. The van der Waals surface area contributed by atoms with Gasteiger partial charge >= 0.3 is 0 Å². The van der Waals surface area contributed by atoms with Crippen LogP contribution in [0.5, 0.6) is 0 Å². The third kappa shape index (κ3) is 4.26. The molecule has 1 amide bonds. The fraction of sp³-hybridized carbons (Fsp3) is 0.545. The van der Waals surface area contributed by atoms with Crippen LogP contribution in [0.25, 0.3) is 0 Å². The Kier molecular flexibility index (Phi) is 4.68. The van der Waals surface area contributed by atoms with Gasteiger partial charge in [-0.1, -0.05) is 0 Å². The molecule has 3 N–H and O–H groups in total. The molecule has 0 aliphatic rings. The van der Waals surface area contributed by atoms with Gasteiger partial charge in [0, 0.05) is 13.1 Å². The van der Waals surface area contributed by atoms with Crippen molar-refractivity contribution in [3.8, 4) is 0 Å². The molecular weight excluding hydrogens is 218 g/mol. The zero-order valence-corrected chi connectivity index (χ0v) is 10.6. The number of nitrogens with zero attached hydrogens (tertiary/aromatic N) is 2. The highest BCUT2D eigenvalue weighted by atomic mass is 16.2. The number of hydrogen-bond acceptors (Lipinski definition) is 5. The van der Waals surface area contributed by atoms with Crippen molar-refractivity contribution in [3.05, 3.63) is 12.4 Å². The number of carbonyl (C=O) groups is 1. The quantitative estimate of drug-likeness (QED) is 0.707. The molecule has 1 rings (SSSR count). The molecule has 0 aliphatic carbocycles. The summed E-state index contributed by atoms with van der Waals surface area (Å²) in [5.41, 5.74) is 0. The Morgan fingerprint density at radius 1 is 1.24 bits per heavy atom. The summed E-state index contributed by atoms with van der Waals surface area (Å²) in [5, 5.41) is 8.71. The van der Waals surface area contributed by atoms with Crippen molar-refractivity contribution in [2.24, 2.45) is 0 Å². The van der Waals surface area contributed by atoms with E-state index in [1.807, 2.05) is 13.8 Å². The molecule has 1 atom stereocenters. The summed E-state index contributed by atoms with van der Waals surface area (Å²) in [7, 11) is 1.77. The molecule has 0 aliphatic heterocycles. The summed E-state index contributed by atoms with van der Waals surface area (Å²) in [6.45, 7) is 5.63. The normalized spacial score (nSPS) is 12.1. The largest absolute Gasteiger partial charge is 0.372 e. The first kappa shape index (κ1) is 13.2. The lowest BCUT2D eigenvalue weighted by molar-refractivity contribution is -0.122.